The van der Waals surface area contributed by atoms with Crippen LogP contribution in [-0.2, 0) is 0 Å². The molecule has 1 saturated heterocycles. The summed E-state index contributed by atoms with van der Waals surface area (Å²) in [4.78, 5) is 4.14. The Hall–Kier alpha value is -0.410. The smallest absolute Gasteiger partial charge is 0.106 e. The number of piperidine rings is 1. The Labute approximate surface area is 86.9 Å². The van der Waals surface area contributed by atoms with E-state index in [1.807, 2.05) is 6.20 Å². The lowest BCUT2D eigenvalue weighted by Crippen LogP contribution is -2.26. The summed E-state index contributed by atoms with van der Waals surface area (Å²) in [7, 11) is 0. The molecule has 1 aliphatic heterocycles. The highest BCUT2D eigenvalue weighted by Gasteiger charge is 2.14. The Morgan fingerprint density at radius 2 is 2.15 bits per heavy atom. The second kappa shape index (κ2) is 4.20. The minimum absolute atomic E-state index is 0.723. The fourth-order valence-corrected chi connectivity index (χ4v) is 2.21. The maximum Gasteiger partial charge on any atom is 0.106 e. The lowest BCUT2D eigenvalue weighted by Gasteiger charge is -2.22. The van der Waals surface area contributed by atoms with Gasteiger partial charge in [0.25, 0.3) is 0 Å². The van der Waals surface area contributed by atoms with E-state index in [0.29, 0.717) is 0 Å². The summed E-state index contributed by atoms with van der Waals surface area (Å²) in [5, 5.41) is 3.37. The lowest BCUT2D eigenvalue weighted by atomic mass is 9.91. The summed E-state index contributed by atoms with van der Waals surface area (Å²) in [6.45, 7) is 2.29. The van der Waals surface area contributed by atoms with Gasteiger partial charge in [-0.2, -0.15) is 0 Å². The van der Waals surface area contributed by atoms with Crippen molar-refractivity contribution in [1.29, 1.82) is 0 Å². The number of halogens is 1. The molecule has 1 aliphatic rings. The maximum absolute atomic E-state index is 4.14. The molecule has 0 unspecified atom stereocenters. The van der Waals surface area contributed by atoms with Crippen molar-refractivity contribution in [3.63, 3.8) is 0 Å². The molecule has 2 rings (SSSR count). The molecular weight excluding hydrogens is 228 g/mol. The van der Waals surface area contributed by atoms with Crippen LogP contribution in [0.4, 0.5) is 0 Å². The van der Waals surface area contributed by atoms with Crippen molar-refractivity contribution in [3.05, 3.63) is 28.5 Å². The third-order valence-corrected chi connectivity index (χ3v) is 2.99. The van der Waals surface area contributed by atoms with Gasteiger partial charge in [-0.15, -0.1) is 0 Å². The Bertz CT molecular complexity index is 282. The Balaban J connectivity index is 2.14. The lowest BCUT2D eigenvalue weighted by molar-refractivity contribution is 0.460. The van der Waals surface area contributed by atoms with Crippen molar-refractivity contribution in [2.75, 3.05) is 13.1 Å². The van der Waals surface area contributed by atoms with E-state index in [1.165, 1.54) is 18.4 Å². The van der Waals surface area contributed by atoms with E-state index >= 15 is 0 Å². The zero-order valence-corrected chi connectivity index (χ0v) is 9.05. The van der Waals surface area contributed by atoms with E-state index in [0.717, 1.165) is 23.6 Å². The quantitative estimate of drug-likeness (QED) is 0.763. The fourth-order valence-electron chi connectivity index (χ4n) is 1.83. The van der Waals surface area contributed by atoms with Crippen molar-refractivity contribution in [1.82, 2.24) is 10.3 Å². The number of hydrogen-bond donors (Lipinski definition) is 1. The molecule has 0 bridgehead atoms. The fraction of sp³-hybridized carbons (Fsp3) is 0.500. The zero-order valence-electron chi connectivity index (χ0n) is 7.46. The SMILES string of the molecule is Brc1cc(C2CCNCC2)ccn1. The molecule has 3 heteroatoms. The number of rotatable bonds is 1. The first kappa shape index (κ1) is 9.16. The number of nitrogens with one attached hydrogen (secondary N) is 1. The zero-order chi connectivity index (χ0) is 9.10. The molecule has 1 N–H and O–H groups in total. The number of hydrogen-bond acceptors (Lipinski definition) is 2. The summed E-state index contributed by atoms with van der Waals surface area (Å²) in [6.07, 6.45) is 4.37. The average molecular weight is 241 g/mol. The van der Waals surface area contributed by atoms with Crippen LogP contribution < -0.4 is 5.32 Å². The minimum atomic E-state index is 0.723. The molecule has 1 fully saturated rings. The van der Waals surface area contributed by atoms with Gasteiger partial charge in [0.1, 0.15) is 4.60 Å². The van der Waals surface area contributed by atoms with Crippen LogP contribution in [-0.4, -0.2) is 18.1 Å². The molecule has 0 radical (unpaired) electrons. The van der Waals surface area contributed by atoms with Gasteiger partial charge < -0.3 is 5.32 Å². The highest BCUT2D eigenvalue weighted by molar-refractivity contribution is 9.10. The van der Waals surface area contributed by atoms with Crippen molar-refractivity contribution >= 4 is 15.9 Å². The van der Waals surface area contributed by atoms with Gasteiger partial charge in [0, 0.05) is 6.20 Å². The van der Waals surface area contributed by atoms with E-state index in [1.54, 1.807) is 0 Å². The van der Waals surface area contributed by atoms with Crippen LogP contribution in [0.15, 0.2) is 22.9 Å². The van der Waals surface area contributed by atoms with Gasteiger partial charge in [-0.05, 0) is 65.5 Å². The van der Waals surface area contributed by atoms with Crippen LogP contribution in [0.25, 0.3) is 0 Å². The highest BCUT2D eigenvalue weighted by Crippen LogP contribution is 2.25. The molecule has 0 spiro atoms. The van der Waals surface area contributed by atoms with Gasteiger partial charge in [-0.3, -0.25) is 0 Å². The highest BCUT2D eigenvalue weighted by atomic mass is 79.9. The molecule has 0 atom stereocenters. The number of pyridine rings is 1. The molecule has 0 aromatic carbocycles. The van der Waals surface area contributed by atoms with Crippen LogP contribution in [0.2, 0.25) is 0 Å². The van der Waals surface area contributed by atoms with Gasteiger partial charge in [-0.1, -0.05) is 0 Å². The van der Waals surface area contributed by atoms with Crippen molar-refractivity contribution < 1.29 is 0 Å². The van der Waals surface area contributed by atoms with Crippen molar-refractivity contribution in [3.8, 4) is 0 Å². The molecule has 1 aromatic rings. The second-order valence-electron chi connectivity index (χ2n) is 3.44. The topological polar surface area (TPSA) is 24.9 Å². The first-order valence-electron chi connectivity index (χ1n) is 4.68. The number of aromatic nitrogens is 1. The summed E-state index contributed by atoms with van der Waals surface area (Å²) in [5.74, 6) is 0.723. The van der Waals surface area contributed by atoms with E-state index in [2.05, 4.69) is 38.4 Å². The molecule has 1 aromatic heterocycles. The summed E-state index contributed by atoms with van der Waals surface area (Å²) >= 11 is 3.40. The van der Waals surface area contributed by atoms with Crippen LogP contribution in [0.1, 0.15) is 24.3 Å². The predicted molar refractivity (Wildman–Crippen MR) is 56.8 cm³/mol. The van der Waals surface area contributed by atoms with Gasteiger partial charge in [0.05, 0.1) is 0 Å². The number of nitrogens with zero attached hydrogens (tertiary/aromatic N) is 1. The molecule has 13 heavy (non-hydrogen) atoms. The van der Waals surface area contributed by atoms with E-state index in [4.69, 9.17) is 0 Å². The minimum Gasteiger partial charge on any atom is -0.317 e. The van der Waals surface area contributed by atoms with Crippen molar-refractivity contribution in [2.24, 2.45) is 0 Å². The molecule has 0 aliphatic carbocycles. The maximum atomic E-state index is 4.14. The third-order valence-electron chi connectivity index (χ3n) is 2.56. The largest absolute Gasteiger partial charge is 0.317 e. The average Bonchev–Trinajstić information content (AvgIpc) is 2.19. The predicted octanol–water partition coefficient (Wildman–Crippen LogP) is 2.31. The van der Waals surface area contributed by atoms with Crippen LogP contribution >= 0.6 is 15.9 Å². The molecule has 2 nitrogen and oxygen atoms in total. The summed E-state index contributed by atoms with van der Waals surface area (Å²) < 4.78 is 0.948. The Kier molecular flexibility index (Phi) is 2.96. The van der Waals surface area contributed by atoms with E-state index in [-0.39, 0.29) is 0 Å². The Morgan fingerprint density at radius 1 is 1.38 bits per heavy atom. The normalized spacial score (nSPS) is 18.8. The van der Waals surface area contributed by atoms with Crippen LogP contribution in [0, 0.1) is 0 Å². The van der Waals surface area contributed by atoms with Gasteiger partial charge in [-0.25, -0.2) is 4.98 Å². The summed E-state index contributed by atoms with van der Waals surface area (Å²) in [5.41, 5.74) is 1.42. The second-order valence-corrected chi connectivity index (χ2v) is 4.25. The molecule has 2 heterocycles. The summed E-state index contributed by atoms with van der Waals surface area (Å²) in [6, 6.07) is 4.26. The molecule has 70 valence electrons. The van der Waals surface area contributed by atoms with Crippen molar-refractivity contribution in [2.45, 2.75) is 18.8 Å². The standard InChI is InChI=1S/C10H13BrN2/c11-10-7-9(3-6-13-10)8-1-4-12-5-2-8/h3,6-8,12H,1-2,4-5H2. The first-order chi connectivity index (χ1) is 6.36. The van der Waals surface area contributed by atoms with Gasteiger partial charge >= 0.3 is 0 Å². The van der Waals surface area contributed by atoms with Crippen LogP contribution in [0.5, 0.6) is 0 Å². The van der Waals surface area contributed by atoms with Gasteiger partial charge in [0.15, 0.2) is 0 Å². The van der Waals surface area contributed by atoms with Gasteiger partial charge in [0.2, 0.25) is 0 Å². The third kappa shape index (κ3) is 2.29. The van der Waals surface area contributed by atoms with E-state index < -0.39 is 0 Å². The van der Waals surface area contributed by atoms with Crippen LogP contribution in [0.3, 0.4) is 0 Å². The Morgan fingerprint density at radius 3 is 2.85 bits per heavy atom. The molecule has 0 saturated carbocycles. The monoisotopic (exact) mass is 240 g/mol. The molecule has 0 amide bonds. The first-order valence-corrected chi connectivity index (χ1v) is 5.48. The van der Waals surface area contributed by atoms with E-state index in [9.17, 15) is 0 Å². The molecular formula is C10H13BrN2.